The number of ether oxygens (including phenoxy) is 1. The van der Waals surface area contributed by atoms with Crippen molar-refractivity contribution < 1.29 is 14.3 Å². The maximum absolute atomic E-state index is 12.5. The van der Waals surface area contributed by atoms with Crippen molar-refractivity contribution in [2.75, 3.05) is 25.0 Å². The van der Waals surface area contributed by atoms with E-state index < -0.39 is 12.0 Å². The lowest BCUT2D eigenvalue weighted by Crippen LogP contribution is -2.51. The summed E-state index contributed by atoms with van der Waals surface area (Å²) in [6, 6.07) is 3.50. The molecule has 0 saturated carbocycles. The second-order valence-corrected chi connectivity index (χ2v) is 5.81. The van der Waals surface area contributed by atoms with Crippen LogP contribution in [0.5, 0.6) is 0 Å². The van der Waals surface area contributed by atoms with E-state index in [1.165, 1.54) is 0 Å². The average Bonchev–Trinajstić information content (AvgIpc) is 2.55. The third-order valence-corrected chi connectivity index (χ3v) is 4.33. The quantitative estimate of drug-likeness (QED) is 0.881. The van der Waals surface area contributed by atoms with E-state index in [-0.39, 0.29) is 19.2 Å². The fraction of sp³-hybridized carbons (Fsp3) is 0.500. The lowest BCUT2D eigenvalue weighted by Gasteiger charge is -2.32. The summed E-state index contributed by atoms with van der Waals surface area (Å²) < 4.78 is 5.26. The molecule has 1 atom stereocenters. The number of hydrogen-bond acceptors (Lipinski definition) is 3. The number of urea groups is 1. The summed E-state index contributed by atoms with van der Waals surface area (Å²) in [5.74, 6) is -0.561. The van der Waals surface area contributed by atoms with Crippen LogP contribution in [0.2, 0.25) is 5.02 Å². The topological polar surface area (TPSA) is 84.7 Å². The Morgan fingerprint density at radius 3 is 2.74 bits per heavy atom. The molecule has 3 amide bonds. The number of benzene rings is 1. The molecule has 1 aromatic carbocycles. The number of hydrogen-bond donors (Lipinski definition) is 2. The minimum Gasteiger partial charge on any atom is -0.367 e. The molecule has 1 aliphatic heterocycles. The number of nitrogens with one attached hydrogen (secondary N) is 1. The number of morpholine rings is 1. The molecule has 0 aromatic heterocycles. The summed E-state index contributed by atoms with van der Waals surface area (Å²) in [6.07, 6.45) is 0.743. The van der Waals surface area contributed by atoms with Crippen molar-refractivity contribution in [3.05, 3.63) is 28.3 Å². The number of nitrogens with two attached hydrogens (primary N) is 1. The number of anilines is 1. The molecule has 0 spiro atoms. The Labute approximate surface area is 140 Å². The summed E-state index contributed by atoms with van der Waals surface area (Å²) in [6.45, 7) is 4.88. The van der Waals surface area contributed by atoms with Crippen LogP contribution in [0.1, 0.15) is 25.0 Å². The summed E-state index contributed by atoms with van der Waals surface area (Å²) in [7, 11) is 0. The van der Waals surface area contributed by atoms with Gasteiger partial charge in [0.15, 0.2) is 6.10 Å². The van der Waals surface area contributed by atoms with E-state index in [1.54, 1.807) is 4.90 Å². The van der Waals surface area contributed by atoms with E-state index in [0.717, 1.165) is 29.7 Å². The fourth-order valence-corrected chi connectivity index (χ4v) is 2.95. The van der Waals surface area contributed by atoms with Gasteiger partial charge in [0.2, 0.25) is 5.91 Å². The molecule has 1 saturated heterocycles. The molecule has 0 unspecified atom stereocenters. The first-order valence-corrected chi connectivity index (χ1v) is 8.12. The number of halogens is 1. The number of carbonyl (C=O) groups excluding carboxylic acids is 2. The molecule has 0 bridgehead atoms. The van der Waals surface area contributed by atoms with Crippen LogP contribution >= 0.6 is 11.6 Å². The van der Waals surface area contributed by atoms with Gasteiger partial charge < -0.3 is 20.7 Å². The zero-order valence-corrected chi connectivity index (χ0v) is 14.2. The molecule has 1 aliphatic rings. The smallest absolute Gasteiger partial charge is 0.322 e. The van der Waals surface area contributed by atoms with Crippen molar-refractivity contribution in [1.29, 1.82) is 0 Å². The second kappa shape index (κ2) is 7.66. The Morgan fingerprint density at radius 1 is 1.39 bits per heavy atom. The SMILES string of the molecule is CCc1ccc(Cl)c(CC)c1NC(=O)N1CCO[C@@H](C(N)=O)C1. The number of primary amides is 1. The standard InChI is InChI=1S/C16H22ClN3O3/c1-3-10-5-6-12(17)11(4-2)14(10)19-16(22)20-7-8-23-13(9-20)15(18)21/h5-6,13H,3-4,7-9H2,1-2H3,(H2,18,21)(H,19,22)/t13-/m1/s1. The van der Waals surface area contributed by atoms with Gasteiger partial charge in [-0.05, 0) is 30.0 Å². The normalized spacial score (nSPS) is 17.9. The number of nitrogens with zero attached hydrogens (tertiary/aromatic N) is 1. The zero-order chi connectivity index (χ0) is 17.0. The fourth-order valence-electron chi connectivity index (χ4n) is 2.66. The highest BCUT2D eigenvalue weighted by Gasteiger charge is 2.28. The molecule has 23 heavy (non-hydrogen) atoms. The molecule has 2 rings (SSSR count). The van der Waals surface area contributed by atoms with E-state index in [0.29, 0.717) is 11.6 Å². The third kappa shape index (κ3) is 3.95. The first-order chi connectivity index (χ1) is 11.0. The van der Waals surface area contributed by atoms with Crippen LogP contribution < -0.4 is 11.1 Å². The average molecular weight is 340 g/mol. The molecule has 6 nitrogen and oxygen atoms in total. The largest absolute Gasteiger partial charge is 0.367 e. The van der Waals surface area contributed by atoms with Crippen LogP contribution in [0.25, 0.3) is 0 Å². The van der Waals surface area contributed by atoms with E-state index >= 15 is 0 Å². The minimum atomic E-state index is -0.759. The summed E-state index contributed by atoms with van der Waals surface area (Å²) in [5.41, 5.74) is 7.96. The van der Waals surface area contributed by atoms with Crippen molar-refractivity contribution in [2.24, 2.45) is 5.73 Å². The van der Waals surface area contributed by atoms with Gasteiger partial charge in [-0.25, -0.2) is 4.79 Å². The van der Waals surface area contributed by atoms with Crippen molar-refractivity contribution in [3.8, 4) is 0 Å². The predicted octanol–water partition coefficient (Wildman–Crippen LogP) is 2.18. The van der Waals surface area contributed by atoms with E-state index in [2.05, 4.69) is 5.32 Å². The van der Waals surface area contributed by atoms with Crippen molar-refractivity contribution >= 4 is 29.2 Å². The van der Waals surface area contributed by atoms with Gasteiger partial charge in [-0.3, -0.25) is 4.79 Å². The Hall–Kier alpha value is -1.79. The van der Waals surface area contributed by atoms with Gasteiger partial charge in [0, 0.05) is 11.6 Å². The molecule has 1 fully saturated rings. The van der Waals surface area contributed by atoms with Crippen molar-refractivity contribution in [3.63, 3.8) is 0 Å². The molecular formula is C16H22ClN3O3. The van der Waals surface area contributed by atoms with Gasteiger partial charge in [-0.2, -0.15) is 0 Å². The highest BCUT2D eigenvalue weighted by molar-refractivity contribution is 6.32. The Morgan fingerprint density at radius 2 is 2.13 bits per heavy atom. The molecule has 1 heterocycles. The lowest BCUT2D eigenvalue weighted by molar-refractivity contribution is -0.133. The number of aryl methyl sites for hydroxylation is 1. The van der Waals surface area contributed by atoms with Crippen LogP contribution in [-0.4, -0.2) is 42.6 Å². The Bertz CT molecular complexity index is 606. The van der Waals surface area contributed by atoms with Crippen LogP contribution in [-0.2, 0) is 22.4 Å². The van der Waals surface area contributed by atoms with Gasteiger partial charge in [0.1, 0.15) is 0 Å². The van der Waals surface area contributed by atoms with Crippen LogP contribution in [0, 0.1) is 0 Å². The Kier molecular flexibility index (Phi) is 5.85. The van der Waals surface area contributed by atoms with E-state index in [1.807, 2.05) is 26.0 Å². The molecule has 1 aromatic rings. The van der Waals surface area contributed by atoms with E-state index in [9.17, 15) is 9.59 Å². The molecule has 0 radical (unpaired) electrons. The van der Waals surface area contributed by atoms with Crippen LogP contribution in [0.3, 0.4) is 0 Å². The van der Waals surface area contributed by atoms with Crippen molar-refractivity contribution in [1.82, 2.24) is 4.90 Å². The Balaban J connectivity index is 2.20. The maximum atomic E-state index is 12.5. The monoisotopic (exact) mass is 339 g/mol. The van der Waals surface area contributed by atoms with Gasteiger partial charge in [0.05, 0.1) is 18.8 Å². The molecule has 126 valence electrons. The van der Waals surface area contributed by atoms with Gasteiger partial charge >= 0.3 is 6.03 Å². The molecular weight excluding hydrogens is 318 g/mol. The molecule has 3 N–H and O–H groups in total. The van der Waals surface area contributed by atoms with Crippen LogP contribution in [0.4, 0.5) is 10.5 Å². The summed E-state index contributed by atoms with van der Waals surface area (Å²) in [4.78, 5) is 25.3. The third-order valence-electron chi connectivity index (χ3n) is 3.98. The highest BCUT2D eigenvalue weighted by atomic mass is 35.5. The first-order valence-electron chi connectivity index (χ1n) is 7.75. The zero-order valence-electron chi connectivity index (χ0n) is 13.4. The summed E-state index contributed by atoms with van der Waals surface area (Å²) in [5, 5.41) is 3.58. The van der Waals surface area contributed by atoms with Gasteiger partial charge in [0.25, 0.3) is 0 Å². The lowest BCUT2D eigenvalue weighted by atomic mass is 10.0. The highest BCUT2D eigenvalue weighted by Crippen LogP contribution is 2.29. The van der Waals surface area contributed by atoms with Gasteiger partial charge in [-0.15, -0.1) is 0 Å². The predicted molar refractivity (Wildman–Crippen MR) is 89.7 cm³/mol. The van der Waals surface area contributed by atoms with Gasteiger partial charge in [-0.1, -0.05) is 31.5 Å². The minimum absolute atomic E-state index is 0.157. The van der Waals surface area contributed by atoms with E-state index in [4.69, 9.17) is 22.1 Å². The number of carbonyl (C=O) groups is 2. The second-order valence-electron chi connectivity index (χ2n) is 5.41. The number of rotatable bonds is 4. The van der Waals surface area contributed by atoms with Crippen LogP contribution in [0.15, 0.2) is 12.1 Å². The summed E-state index contributed by atoms with van der Waals surface area (Å²) >= 11 is 6.25. The molecule has 7 heteroatoms. The molecule has 0 aliphatic carbocycles. The number of amides is 3. The van der Waals surface area contributed by atoms with Crippen molar-refractivity contribution in [2.45, 2.75) is 32.8 Å². The first kappa shape index (κ1) is 17.6. The maximum Gasteiger partial charge on any atom is 0.322 e.